The lowest BCUT2D eigenvalue weighted by molar-refractivity contribution is 1.33. The van der Waals surface area contributed by atoms with Crippen molar-refractivity contribution >= 4 is 43.7 Å². The van der Waals surface area contributed by atoms with Crippen molar-refractivity contribution in [2.75, 3.05) is 0 Å². The molecule has 0 saturated carbocycles. The summed E-state index contributed by atoms with van der Waals surface area (Å²) in [5.74, 6) is 0. The second kappa shape index (κ2) is 30.7. The molecule has 0 radical (unpaired) electrons. The minimum Gasteiger partial charge on any atom is -0.265 e. The van der Waals surface area contributed by atoms with Gasteiger partial charge in [-0.25, -0.2) is 0 Å². The number of hydrogen-bond donors (Lipinski definition) is 0. The predicted molar refractivity (Wildman–Crippen MR) is 258 cm³/mol. The largest absolute Gasteiger partial charge is 0.265 e. The number of benzene rings is 8. The fourth-order valence-corrected chi connectivity index (χ4v) is 5.47. The van der Waals surface area contributed by atoms with Crippen LogP contribution in [0.2, 0.25) is 0 Å². The van der Waals surface area contributed by atoms with Crippen LogP contribution in [-0.4, -0.2) is 9.97 Å². The van der Waals surface area contributed by atoms with E-state index in [0.717, 1.165) is 0 Å². The summed E-state index contributed by atoms with van der Waals surface area (Å²) in [7, 11) is 0. The molecule has 59 heavy (non-hydrogen) atoms. The van der Waals surface area contributed by atoms with Gasteiger partial charge < -0.3 is 0 Å². The summed E-state index contributed by atoms with van der Waals surface area (Å²) < 4.78 is 0. The SMILES string of the molecule is c1ccc2ccccc2c1.c1ccc2ccccc2c1.c1ccc2ccccc2c1.c1ccccc1.c1ccccc1.c1ccncc1.c1ccncc1.c1ccsc1. The van der Waals surface area contributed by atoms with E-state index >= 15 is 0 Å². The third-order valence-electron chi connectivity index (χ3n) is 7.87. The Kier molecular flexibility index (Phi) is 23.0. The van der Waals surface area contributed by atoms with Gasteiger partial charge in [-0.2, -0.15) is 11.3 Å². The molecule has 0 fully saturated rings. The van der Waals surface area contributed by atoms with E-state index in [1.165, 1.54) is 32.3 Å². The summed E-state index contributed by atoms with van der Waals surface area (Å²) in [6, 6.07) is 89.6. The van der Waals surface area contributed by atoms with Gasteiger partial charge in [-0.15, -0.1) is 0 Å². The number of aromatic nitrogens is 2. The molecule has 0 amide bonds. The smallest absolute Gasteiger partial charge is 0.0267 e. The number of rotatable bonds is 0. The molecule has 0 N–H and O–H groups in total. The standard InChI is InChI=1S/3C10H8.2C6H6.2C5H5N.C4H4S/c3*1-2-6-10-8-4-3-7-9(10)5-1;4*1-2-4-6-5-3-1;1-2-4-5-3-1/h3*1-8H;2*1-6H;2*1-5H;1-4H. The Morgan fingerprint density at radius 1 is 0.186 bits per heavy atom. The van der Waals surface area contributed by atoms with Crippen LogP contribution in [0.15, 0.2) is 302 Å². The molecule has 0 aliphatic carbocycles. The zero-order valence-corrected chi connectivity index (χ0v) is 34.0. The van der Waals surface area contributed by atoms with Crippen LogP contribution < -0.4 is 0 Å². The Balaban J connectivity index is 0.000000151. The first kappa shape index (κ1) is 44.3. The number of fused-ring (bicyclic) bond motifs is 3. The molecular formula is C56H50N2S. The highest BCUT2D eigenvalue weighted by Gasteiger charge is 1.87. The molecule has 3 heterocycles. The van der Waals surface area contributed by atoms with Crippen molar-refractivity contribution < 1.29 is 0 Å². The molecule has 0 saturated heterocycles. The molecule has 3 heteroatoms. The Bertz CT molecular complexity index is 1930. The number of nitrogens with zero attached hydrogens (tertiary/aromatic N) is 2. The third-order valence-corrected chi connectivity index (χ3v) is 8.50. The molecule has 3 aromatic heterocycles. The Morgan fingerprint density at radius 3 is 0.458 bits per heavy atom. The molecule has 11 aromatic rings. The van der Waals surface area contributed by atoms with E-state index < -0.39 is 0 Å². The summed E-state index contributed by atoms with van der Waals surface area (Å²) in [6.45, 7) is 0. The van der Waals surface area contributed by atoms with Crippen LogP contribution in [0.25, 0.3) is 32.3 Å². The average Bonchev–Trinajstić information content (AvgIpc) is 3.96. The normalized spacial score (nSPS) is 9.02. The van der Waals surface area contributed by atoms with Gasteiger partial charge in [0.2, 0.25) is 0 Å². The lowest BCUT2D eigenvalue weighted by Crippen LogP contribution is -1.67. The summed E-state index contributed by atoms with van der Waals surface area (Å²) in [5, 5.41) is 11.9. The van der Waals surface area contributed by atoms with E-state index in [4.69, 9.17) is 0 Å². The first-order chi connectivity index (χ1) is 29.4. The van der Waals surface area contributed by atoms with E-state index in [9.17, 15) is 0 Å². The van der Waals surface area contributed by atoms with Crippen LogP contribution in [0.3, 0.4) is 0 Å². The summed E-state index contributed by atoms with van der Waals surface area (Å²) in [5.41, 5.74) is 0. The fraction of sp³-hybridized carbons (Fsp3) is 0. The monoisotopic (exact) mass is 782 g/mol. The third kappa shape index (κ3) is 20.9. The van der Waals surface area contributed by atoms with Gasteiger partial charge in [0.05, 0.1) is 0 Å². The van der Waals surface area contributed by atoms with Crippen molar-refractivity contribution in [3.8, 4) is 0 Å². The second-order valence-corrected chi connectivity index (χ2v) is 13.0. The minimum atomic E-state index is 1.31. The predicted octanol–water partition coefficient (Wildman–Crippen LogP) is 15.8. The zero-order valence-electron chi connectivity index (χ0n) is 33.2. The topological polar surface area (TPSA) is 25.8 Å². The van der Waals surface area contributed by atoms with Crippen molar-refractivity contribution in [2.24, 2.45) is 0 Å². The van der Waals surface area contributed by atoms with Crippen molar-refractivity contribution in [1.29, 1.82) is 0 Å². The van der Waals surface area contributed by atoms with Crippen LogP contribution in [0.4, 0.5) is 0 Å². The Morgan fingerprint density at radius 2 is 0.356 bits per heavy atom. The van der Waals surface area contributed by atoms with Crippen LogP contribution >= 0.6 is 11.3 Å². The van der Waals surface area contributed by atoms with Gasteiger partial charge >= 0.3 is 0 Å². The van der Waals surface area contributed by atoms with Crippen LogP contribution in [-0.2, 0) is 0 Å². The maximum atomic E-state index is 3.78. The van der Waals surface area contributed by atoms with Gasteiger partial charge in [0.15, 0.2) is 0 Å². The second-order valence-electron chi connectivity index (χ2n) is 12.2. The number of pyridine rings is 2. The van der Waals surface area contributed by atoms with Crippen LogP contribution in [0, 0.1) is 0 Å². The molecule has 2 nitrogen and oxygen atoms in total. The van der Waals surface area contributed by atoms with Crippen molar-refractivity contribution in [2.45, 2.75) is 0 Å². The summed E-state index contributed by atoms with van der Waals surface area (Å²) in [4.78, 5) is 7.57. The first-order valence-electron chi connectivity index (χ1n) is 19.4. The molecule has 0 aliphatic heterocycles. The van der Waals surface area contributed by atoms with E-state index in [0.29, 0.717) is 0 Å². The molecule has 290 valence electrons. The fourth-order valence-electron chi connectivity index (χ4n) is 5.02. The zero-order chi connectivity index (χ0) is 40.9. The molecular weight excluding hydrogens is 733 g/mol. The molecule has 8 aromatic carbocycles. The molecule has 0 aliphatic rings. The van der Waals surface area contributed by atoms with Crippen LogP contribution in [0.1, 0.15) is 0 Å². The molecule has 0 spiro atoms. The van der Waals surface area contributed by atoms with Crippen molar-refractivity contribution in [1.82, 2.24) is 9.97 Å². The van der Waals surface area contributed by atoms with Gasteiger partial charge in [-0.3, -0.25) is 9.97 Å². The van der Waals surface area contributed by atoms with Crippen molar-refractivity contribution in [3.05, 3.63) is 302 Å². The molecule has 0 unspecified atom stereocenters. The summed E-state index contributed by atoms with van der Waals surface area (Å²) >= 11 is 1.71. The van der Waals surface area contributed by atoms with Crippen LogP contribution in [0.5, 0.6) is 0 Å². The van der Waals surface area contributed by atoms with Gasteiger partial charge in [-0.1, -0.05) is 243 Å². The lowest BCUT2D eigenvalue weighted by Gasteiger charge is -1.92. The van der Waals surface area contributed by atoms with E-state index in [1.807, 2.05) is 132 Å². The highest BCUT2D eigenvalue weighted by atomic mass is 32.1. The molecule has 0 atom stereocenters. The quantitative estimate of drug-likeness (QED) is 0.153. The van der Waals surface area contributed by atoms with E-state index in [-0.39, 0.29) is 0 Å². The highest BCUT2D eigenvalue weighted by molar-refractivity contribution is 7.07. The average molecular weight is 783 g/mol. The van der Waals surface area contributed by atoms with E-state index in [1.54, 1.807) is 36.1 Å². The van der Waals surface area contributed by atoms with Gasteiger partial charge in [0.25, 0.3) is 0 Å². The lowest BCUT2D eigenvalue weighted by atomic mass is 10.1. The van der Waals surface area contributed by atoms with Crippen molar-refractivity contribution in [3.63, 3.8) is 0 Å². The molecule has 11 rings (SSSR count). The maximum absolute atomic E-state index is 3.78. The number of hydrogen-bond acceptors (Lipinski definition) is 3. The Labute approximate surface area is 354 Å². The first-order valence-corrected chi connectivity index (χ1v) is 20.3. The Hall–Kier alpha value is -7.46. The van der Waals surface area contributed by atoms with Gasteiger partial charge in [-0.05, 0) is 67.3 Å². The summed E-state index contributed by atoms with van der Waals surface area (Å²) in [6.07, 6.45) is 7.00. The molecule has 0 bridgehead atoms. The maximum Gasteiger partial charge on any atom is 0.0267 e. The number of thiophene rings is 1. The van der Waals surface area contributed by atoms with E-state index in [2.05, 4.69) is 156 Å². The highest BCUT2D eigenvalue weighted by Crippen LogP contribution is 2.13. The van der Waals surface area contributed by atoms with Gasteiger partial charge in [0.1, 0.15) is 0 Å². The van der Waals surface area contributed by atoms with Gasteiger partial charge in [0, 0.05) is 24.8 Å². The minimum absolute atomic E-state index is 1.31.